The van der Waals surface area contributed by atoms with Crippen molar-refractivity contribution in [2.24, 2.45) is 0 Å². The first kappa shape index (κ1) is 13.2. The summed E-state index contributed by atoms with van der Waals surface area (Å²) in [5.41, 5.74) is 1.21. The van der Waals surface area contributed by atoms with Crippen molar-refractivity contribution < 1.29 is 0 Å². The molecule has 0 bridgehead atoms. The molecule has 2 heteroatoms. The van der Waals surface area contributed by atoms with Crippen molar-refractivity contribution >= 4 is 20.9 Å². The maximum absolute atomic E-state index is 3.78. The van der Waals surface area contributed by atoms with Crippen LogP contribution < -0.4 is 5.19 Å². The van der Waals surface area contributed by atoms with Gasteiger partial charge in [0.2, 0.25) is 0 Å². The minimum atomic E-state index is -0.317. The van der Waals surface area contributed by atoms with Crippen molar-refractivity contribution in [1.29, 1.82) is 0 Å². The van der Waals surface area contributed by atoms with Gasteiger partial charge in [-0.1, -0.05) is 64.6 Å². The molecule has 0 atom stereocenters. The fraction of sp³-hybridized carbons (Fsp3) is 0.429. The minimum Gasteiger partial charge on any atom is -0.321 e. The SMILES string of the molecule is C=Cc1ccc([SiH2]N(C(C)C)C(C)C)cc1. The molecule has 0 amide bonds. The Balaban J connectivity index is 2.73. The summed E-state index contributed by atoms with van der Waals surface area (Å²) >= 11 is 0. The van der Waals surface area contributed by atoms with Gasteiger partial charge in [0.15, 0.2) is 0 Å². The number of nitrogens with zero attached hydrogens (tertiary/aromatic N) is 1. The second-order valence-electron chi connectivity index (χ2n) is 4.81. The Hall–Kier alpha value is -0.863. The molecule has 0 radical (unpaired) electrons. The number of hydrogen-bond acceptors (Lipinski definition) is 1. The smallest absolute Gasteiger partial charge is 0.127 e. The fourth-order valence-corrected chi connectivity index (χ4v) is 3.53. The molecule has 0 aliphatic heterocycles. The summed E-state index contributed by atoms with van der Waals surface area (Å²) in [5, 5.41) is 1.51. The molecule has 0 spiro atoms. The van der Waals surface area contributed by atoms with Crippen molar-refractivity contribution in [1.82, 2.24) is 4.57 Å². The van der Waals surface area contributed by atoms with E-state index in [2.05, 4.69) is 63.1 Å². The lowest BCUT2D eigenvalue weighted by Crippen LogP contribution is -2.45. The van der Waals surface area contributed by atoms with Gasteiger partial charge >= 0.3 is 0 Å². The molecular weight excluding hydrogens is 210 g/mol. The molecule has 0 unspecified atom stereocenters. The molecule has 0 aromatic heterocycles. The molecule has 0 saturated heterocycles. The van der Waals surface area contributed by atoms with Crippen LogP contribution in [0.2, 0.25) is 0 Å². The molecule has 1 aromatic rings. The molecule has 0 heterocycles. The maximum atomic E-state index is 3.78. The molecule has 1 nitrogen and oxygen atoms in total. The molecule has 0 aliphatic rings. The minimum absolute atomic E-state index is 0.317. The van der Waals surface area contributed by atoms with E-state index in [9.17, 15) is 0 Å². The fourth-order valence-electron chi connectivity index (χ4n) is 1.93. The van der Waals surface area contributed by atoms with E-state index in [0.29, 0.717) is 12.1 Å². The molecule has 88 valence electrons. The van der Waals surface area contributed by atoms with Crippen LogP contribution in [0.4, 0.5) is 0 Å². The van der Waals surface area contributed by atoms with Crippen molar-refractivity contribution in [2.45, 2.75) is 39.8 Å². The summed E-state index contributed by atoms with van der Waals surface area (Å²) in [6.07, 6.45) is 1.90. The summed E-state index contributed by atoms with van der Waals surface area (Å²) in [6.45, 7) is 12.9. The molecule has 0 N–H and O–H groups in total. The largest absolute Gasteiger partial charge is 0.321 e. The first-order valence-electron chi connectivity index (χ1n) is 6.01. The highest BCUT2D eigenvalue weighted by Gasteiger charge is 2.13. The van der Waals surface area contributed by atoms with E-state index in [0.717, 1.165) is 0 Å². The summed E-state index contributed by atoms with van der Waals surface area (Å²) in [7, 11) is -0.317. The highest BCUT2D eigenvalue weighted by Crippen LogP contribution is 2.03. The normalized spacial score (nSPS) is 12.2. The van der Waals surface area contributed by atoms with Gasteiger partial charge in [-0.2, -0.15) is 0 Å². The molecule has 16 heavy (non-hydrogen) atoms. The summed E-state index contributed by atoms with van der Waals surface area (Å²) < 4.78 is 2.63. The number of rotatable bonds is 5. The quantitative estimate of drug-likeness (QED) is 0.705. The second-order valence-corrected chi connectivity index (χ2v) is 6.67. The average molecular weight is 233 g/mol. The third-order valence-corrected chi connectivity index (χ3v) is 5.57. The zero-order chi connectivity index (χ0) is 12.1. The van der Waals surface area contributed by atoms with E-state index >= 15 is 0 Å². The van der Waals surface area contributed by atoms with E-state index < -0.39 is 0 Å². The lowest BCUT2D eigenvalue weighted by Gasteiger charge is -2.30. The van der Waals surface area contributed by atoms with Gasteiger partial charge in [0.05, 0.1) is 0 Å². The number of hydrogen-bond donors (Lipinski definition) is 0. The lowest BCUT2D eigenvalue weighted by molar-refractivity contribution is 0.315. The lowest BCUT2D eigenvalue weighted by atomic mass is 10.2. The summed E-state index contributed by atoms with van der Waals surface area (Å²) in [6, 6.07) is 10.1. The Morgan fingerprint density at radius 3 is 1.94 bits per heavy atom. The highest BCUT2D eigenvalue weighted by atomic mass is 28.2. The van der Waals surface area contributed by atoms with Gasteiger partial charge in [-0.15, -0.1) is 0 Å². The first-order valence-corrected chi connectivity index (χ1v) is 7.35. The molecule has 1 aromatic carbocycles. The predicted molar refractivity (Wildman–Crippen MR) is 76.8 cm³/mol. The Labute approximate surface area is 102 Å². The van der Waals surface area contributed by atoms with Crippen LogP contribution in [-0.2, 0) is 0 Å². The summed E-state index contributed by atoms with van der Waals surface area (Å²) in [4.78, 5) is 0. The van der Waals surface area contributed by atoms with Crippen LogP contribution in [0.25, 0.3) is 6.08 Å². The van der Waals surface area contributed by atoms with E-state index in [1.807, 2.05) is 6.08 Å². The van der Waals surface area contributed by atoms with Crippen LogP contribution >= 0.6 is 0 Å². The molecular formula is C14H23NSi. The van der Waals surface area contributed by atoms with E-state index in [-0.39, 0.29) is 9.68 Å². The molecule has 0 saturated carbocycles. The van der Waals surface area contributed by atoms with Crippen molar-refractivity contribution in [3.63, 3.8) is 0 Å². The first-order chi connectivity index (χ1) is 7.54. The molecule has 1 rings (SSSR count). The van der Waals surface area contributed by atoms with Gasteiger partial charge < -0.3 is 4.57 Å². The van der Waals surface area contributed by atoms with Crippen LogP contribution in [0.5, 0.6) is 0 Å². The zero-order valence-electron chi connectivity index (χ0n) is 10.9. The van der Waals surface area contributed by atoms with Crippen molar-refractivity contribution in [2.75, 3.05) is 0 Å². The standard InChI is InChI=1S/C14H23NSi/c1-6-13-7-9-14(10-8-13)16-15(11(2)3)12(4)5/h6-12H,1,16H2,2-5H3. The number of benzene rings is 1. The van der Waals surface area contributed by atoms with E-state index in [1.54, 1.807) is 0 Å². The topological polar surface area (TPSA) is 3.24 Å². The Morgan fingerprint density at radius 2 is 1.56 bits per heavy atom. The predicted octanol–water partition coefficient (Wildman–Crippen LogP) is 2.16. The van der Waals surface area contributed by atoms with Gasteiger partial charge in [0.25, 0.3) is 0 Å². The monoisotopic (exact) mass is 233 g/mol. The van der Waals surface area contributed by atoms with Gasteiger partial charge in [-0.3, -0.25) is 0 Å². The van der Waals surface area contributed by atoms with Gasteiger partial charge in [-0.05, 0) is 22.8 Å². The van der Waals surface area contributed by atoms with Gasteiger partial charge in [-0.25, -0.2) is 0 Å². The van der Waals surface area contributed by atoms with Crippen molar-refractivity contribution in [3.8, 4) is 0 Å². The van der Waals surface area contributed by atoms with Crippen LogP contribution in [0.1, 0.15) is 33.3 Å². The van der Waals surface area contributed by atoms with E-state index in [4.69, 9.17) is 0 Å². The van der Waals surface area contributed by atoms with Crippen LogP contribution in [0, 0.1) is 0 Å². The molecule has 0 fully saturated rings. The second kappa shape index (κ2) is 6.02. The third kappa shape index (κ3) is 3.61. The molecule has 0 aliphatic carbocycles. The van der Waals surface area contributed by atoms with Crippen LogP contribution in [0.3, 0.4) is 0 Å². The van der Waals surface area contributed by atoms with Crippen LogP contribution in [-0.4, -0.2) is 26.3 Å². The highest BCUT2D eigenvalue weighted by molar-refractivity contribution is 6.50. The maximum Gasteiger partial charge on any atom is 0.127 e. The van der Waals surface area contributed by atoms with Crippen LogP contribution in [0.15, 0.2) is 30.8 Å². The average Bonchev–Trinajstić information content (AvgIpc) is 2.25. The Bertz CT molecular complexity index is 319. The van der Waals surface area contributed by atoms with Gasteiger partial charge in [0, 0.05) is 0 Å². The Kier molecular flexibility index (Phi) is 4.96. The zero-order valence-corrected chi connectivity index (χ0v) is 12.3. The Morgan fingerprint density at radius 1 is 1.06 bits per heavy atom. The van der Waals surface area contributed by atoms with Gasteiger partial charge in [0.1, 0.15) is 9.68 Å². The van der Waals surface area contributed by atoms with Crippen molar-refractivity contribution in [3.05, 3.63) is 36.4 Å². The van der Waals surface area contributed by atoms with E-state index in [1.165, 1.54) is 10.8 Å². The third-order valence-electron chi connectivity index (χ3n) is 2.91. The summed E-state index contributed by atoms with van der Waals surface area (Å²) in [5.74, 6) is 0.